The number of carbonyl (C=O) groups is 1. The highest BCUT2D eigenvalue weighted by Gasteiger charge is 2.09. The Hall–Kier alpha value is -3.72. The van der Waals surface area contributed by atoms with Crippen LogP contribution in [0.2, 0.25) is 0 Å². The van der Waals surface area contributed by atoms with Crippen LogP contribution >= 0.6 is 0 Å². The number of carbonyl (C=O) groups excluding carboxylic acids is 1. The lowest BCUT2D eigenvalue weighted by atomic mass is 10.1. The number of amides is 1. The van der Waals surface area contributed by atoms with Gasteiger partial charge in [0.25, 0.3) is 5.91 Å². The van der Waals surface area contributed by atoms with E-state index in [-0.39, 0.29) is 11.6 Å². The molecule has 0 atom stereocenters. The van der Waals surface area contributed by atoms with Crippen LogP contribution in [0.4, 0.5) is 17.2 Å². The van der Waals surface area contributed by atoms with Crippen LogP contribution in [-0.4, -0.2) is 15.9 Å². The fourth-order valence-electron chi connectivity index (χ4n) is 2.30. The number of nitrogens with one attached hydrogen (secondary N) is 2. The summed E-state index contributed by atoms with van der Waals surface area (Å²) in [5.74, 6) is 0.197. The average Bonchev–Trinajstić information content (AvgIpc) is 2.66. The maximum Gasteiger partial charge on any atom is 0.275 e. The number of anilines is 3. The number of hydrogen-bond donors (Lipinski definition) is 2. The first-order valence-corrected chi connectivity index (χ1v) is 8.03. The maximum atomic E-state index is 12.3. The highest BCUT2D eigenvalue weighted by molar-refractivity contribution is 6.02. The summed E-state index contributed by atoms with van der Waals surface area (Å²) in [6.45, 7) is 4.01. The summed E-state index contributed by atoms with van der Waals surface area (Å²) in [6.07, 6.45) is 2.91. The summed E-state index contributed by atoms with van der Waals surface area (Å²) >= 11 is 0. The molecule has 0 saturated heterocycles. The van der Waals surface area contributed by atoms with Gasteiger partial charge in [-0.15, -0.1) is 0 Å². The first-order chi connectivity index (χ1) is 12.5. The summed E-state index contributed by atoms with van der Waals surface area (Å²) < 4.78 is 0. The van der Waals surface area contributed by atoms with Gasteiger partial charge in [-0.05, 0) is 61.4 Å². The van der Waals surface area contributed by atoms with E-state index in [1.165, 1.54) is 18.0 Å². The second kappa shape index (κ2) is 7.45. The van der Waals surface area contributed by atoms with Gasteiger partial charge < -0.3 is 10.6 Å². The Bertz CT molecular complexity index is 973. The van der Waals surface area contributed by atoms with Gasteiger partial charge in [-0.2, -0.15) is 5.26 Å². The highest BCUT2D eigenvalue weighted by atomic mass is 16.1. The molecule has 0 aliphatic carbocycles. The molecule has 2 N–H and O–H groups in total. The quantitative estimate of drug-likeness (QED) is 0.748. The van der Waals surface area contributed by atoms with Gasteiger partial charge in [0.1, 0.15) is 11.5 Å². The fourth-order valence-corrected chi connectivity index (χ4v) is 2.30. The molecule has 6 heteroatoms. The van der Waals surface area contributed by atoms with Crippen LogP contribution in [0.5, 0.6) is 0 Å². The molecule has 0 saturated carbocycles. The second-order valence-electron chi connectivity index (χ2n) is 5.85. The lowest BCUT2D eigenvalue weighted by Crippen LogP contribution is -2.14. The molecular formula is C20H17N5O. The molecule has 6 nitrogen and oxygen atoms in total. The predicted octanol–water partition coefficient (Wildman–Crippen LogP) is 3.96. The van der Waals surface area contributed by atoms with Crippen LogP contribution < -0.4 is 10.6 Å². The Balaban J connectivity index is 1.67. The van der Waals surface area contributed by atoms with Gasteiger partial charge in [0.05, 0.1) is 24.0 Å². The molecular weight excluding hydrogens is 326 g/mol. The smallest absolute Gasteiger partial charge is 0.275 e. The zero-order valence-corrected chi connectivity index (χ0v) is 14.4. The number of aromatic nitrogens is 2. The van der Waals surface area contributed by atoms with Crippen molar-refractivity contribution < 1.29 is 4.79 Å². The third kappa shape index (κ3) is 4.02. The van der Waals surface area contributed by atoms with Crippen molar-refractivity contribution in [2.24, 2.45) is 0 Å². The molecule has 0 unspecified atom stereocenters. The molecule has 26 heavy (non-hydrogen) atoms. The van der Waals surface area contributed by atoms with Crippen molar-refractivity contribution in [3.63, 3.8) is 0 Å². The predicted molar refractivity (Wildman–Crippen MR) is 100 cm³/mol. The lowest BCUT2D eigenvalue weighted by Gasteiger charge is -2.08. The topological polar surface area (TPSA) is 90.7 Å². The van der Waals surface area contributed by atoms with E-state index < -0.39 is 0 Å². The van der Waals surface area contributed by atoms with E-state index in [1.807, 2.05) is 32.0 Å². The minimum Gasteiger partial charge on any atom is -0.339 e. The average molecular weight is 343 g/mol. The van der Waals surface area contributed by atoms with E-state index in [0.29, 0.717) is 11.4 Å². The van der Waals surface area contributed by atoms with E-state index in [2.05, 4.69) is 26.7 Å². The summed E-state index contributed by atoms with van der Waals surface area (Å²) in [4.78, 5) is 20.7. The number of nitriles is 1. The molecule has 3 aromatic rings. The van der Waals surface area contributed by atoms with Gasteiger partial charge in [0.15, 0.2) is 0 Å². The number of benzene rings is 2. The van der Waals surface area contributed by atoms with Gasteiger partial charge in [0.2, 0.25) is 0 Å². The Kier molecular flexibility index (Phi) is 4.90. The summed E-state index contributed by atoms with van der Waals surface area (Å²) in [7, 11) is 0. The third-order valence-corrected chi connectivity index (χ3v) is 3.94. The summed E-state index contributed by atoms with van der Waals surface area (Å²) in [5, 5.41) is 14.7. The Morgan fingerprint density at radius 2 is 1.69 bits per heavy atom. The second-order valence-corrected chi connectivity index (χ2v) is 5.85. The number of rotatable bonds is 4. The zero-order valence-electron chi connectivity index (χ0n) is 14.4. The normalized spacial score (nSPS) is 10.0. The van der Waals surface area contributed by atoms with Crippen LogP contribution in [0.15, 0.2) is 54.9 Å². The van der Waals surface area contributed by atoms with Gasteiger partial charge in [-0.1, -0.05) is 6.07 Å². The van der Waals surface area contributed by atoms with Crippen LogP contribution in [0.25, 0.3) is 0 Å². The molecule has 1 heterocycles. The van der Waals surface area contributed by atoms with Crippen molar-refractivity contribution in [1.82, 2.24) is 9.97 Å². The Morgan fingerprint density at radius 1 is 0.962 bits per heavy atom. The minimum atomic E-state index is -0.314. The van der Waals surface area contributed by atoms with Crippen molar-refractivity contribution >= 4 is 23.1 Å². The Labute approximate surface area is 151 Å². The molecule has 0 fully saturated rings. The van der Waals surface area contributed by atoms with Crippen molar-refractivity contribution in [3.8, 4) is 6.07 Å². The molecule has 0 spiro atoms. The molecule has 0 aliphatic rings. The van der Waals surface area contributed by atoms with E-state index in [1.54, 1.807) is 24.3 Å². The third-order valence-electron chi connectivity index (χ3n) is 3.94. The Morgan fingerprint density at radius 3 is 2.31 bits per heavy atom. The first-order valence-electron chi connectivity index (χ1n) is 8.03. The molecule has 128 valence electrons. The number of aryl methyl sites for hydroxylation is 2. The maximum absolute atomic E-state index is 12.3. The summed E-state index contributed by atoms with van der Waals surface area (Å²) in [6, 6.07) is 14.8. The largest absolute Gasteiger partial charge is 0.339 e. The standard InChI is InChI=1S/C20H17N5O/c1-13-3-6-17(9-14(13)2)25-20(26)18-11-23-19(12-22-18)24-16-7-4-15(10-21)5-8-16/h3-9,11-12H,1-2H3,(H,23,24)(H,25,26). The van der Waals surface area contributed by atoms with Crippen molar-refractivity contribution in [2.45, 2.75) is 13.8 Å². The highest BCUT2D eigenvalue weighted by Crippen LogP contribution is 2.16. The van der Waals surface area contributed by atoms with E-state index in [4.69, 9.17) is 5.26 Å². The minimum absolute atomic E-state index is 0.230. The van der Waals surface area contributed by atoms with E-state index >= 15 is 0 Å². The van der Waals surface area contributed by atoms with Crippen LogP contribution in [0.3, 0.4) is 0 Å². The van der Waals surface area contributed by atoms with Gasteiger partial charge in [-0.25, -0.2) is 9.97 Å². The zero-order chi connectivity index (χ0) is 18.5. The summed E-state index contributed by atoms with van der Waals surface area (Å²) in [5.41, 5.74) is 4.59. The van der Waals surface area contributed by atoms with Gasteiger partial charge in [0, 0.05) is 11.4 Å². The molecule has 3 rings (SSSR count). The monoisotopic (exact) mass is 343 g/mol. The number of nitrogens with zero attached hydrogens (tertiary/aromatic N) is 3. The van der Waals surface area contributed by atoms with Crippen molar-refractivity contribution in [2.75, 3.05) is 10.6 Å². The molecule has 1 amide bonds. The number of hydrogen-bond acceptors (Lipinski definition) is 5. The van der Waals surface area contributed by atoms with Gasteiger partial charge >= 0.3 is 0 Å². The lowest BCUT2D eigenvalue weighted by molar-refractivity contribution is 0.102. The van der Waals surface area contributed by atoms with E-state index in [0.717, 1.165) is 16.9 Å². The van der Waals surface area contributed by atoms with E-state index in [9.17, 15) is 4.79 Å². The molecule has 1 aromatic heterocycles. The first kappa shape index (κ1) is 17.1. The molecule has 0 radical (unpaired) electrons. The van der Waals surface area contributed by atoms with Gasteiger partial charge in [-0.3, -0.25) is 4.79 Å². The van der Waals surface area contributed by atoms with Crippen LogP contribution in [-0.2, 0) is 0 Å². The molecule has 0 bridgehead atoms. The van der Waals surface area contributed by atoms with Crippen LogP contribution in [0.1, 0.15) is 27.2 Å². The molecule has 0 aliphatic heterocycles. The fraction of sp³-hybridized carbons (Fsp3) is 0.100. The SMILES string of the molecule is Cc1ccc(NC(=O)c2cnc(Nc3ccc(C#N)cc3)cn2)cc1C. The van der Waals surface area contributed by atoms with Crippen LogP contribution in [0, 0.1) is 25.2 Å². The van der Waals surface area contributed by atoms with Crippen molar-refractivity contribution in [1.29, 1.82) is 5.26 Å². The molecule has 2 aromatic carbocycles. The van der Waals surface area contributed by atoms with Crippen molar-refractivity contribution in [3.05, 3.63) is 77.2 Å².